The summed E-state index contributed by atoms with van der Waals surface area (Å²) in [6.45, 7) is 10.5. The topological polar surface area (TPSA) is 50.7 Å². The van der Waals surface area contributed by atoms with Crippen molar-refractivity contribution in [1.29, 1.82) is 0 Å². The van der Waals surface area contributed by atoms with Crippen molar-refractivity contribution >= 4 is 26.0 Å². The average molecular weight is 507 g/mol. The first-order valence-electron chi connectivity index (χ1n) is 10.2. The van der Waals surface area contributed by atoms with E-state index in [1.54, 1.807) is 12.7 Å². The van der Waals surface area contributed by atoms with E-state index < -0.39 is 47.9 Å². The summed E-state index contributed by atoms with van der Waals surface area (Å²) in [5, 5.41) is 1.68. The molecule has 0 bridgehead atoms. The molecule has 1 aliphatic rings. The quantitative estimate of drug-likeness (QED) is 0.189. The fraction of sp³-hybridized carbons (Fsp3) is 0.435. The van der Waals surface area contributed by atoms with Gasteiger partial charge in [-0.1, -0.05) is 12.7 Å². The Hall–Kier alpha value is -2.45. The molecule has 1 aliphatic heterocycles. The Labute approximate surface area is 195 Å². The van der Waals surface area contributed by atoms with Gasteiger partial charge >= 0.3 is 12.4 Å². The maximum absolute atomic E-state index is 13.2. The Balaban J connectivity index is 2.35. The van der Waals surface area contributed by atoms with E-state index in [0.717, 1.165) is 0 Å². The van der Waals surface area contributed by atoms with E-state index in [-0.39, 0.29) is 30.6 Å². The molecule has 34 heavy (non-hydrogen) atoms. The number of nitrogens with zero attached hydrogens (tertiary/aromatic N) is 1. The Bertz CT molecular complexity index is 972. The Kier molecular flexibility index (Phi) is 8.21. The number of hydrogen-bond acceptors (Lipinski definition) is 3. The van der Waals surface area contributed by atoms with Gasteiger partial charge in [-0.05, 0) is 43.2 Å². The smallest absolute Gasteiger partial charge is 0.366 e. The van der Waals surface area contributed by atoms with Gasteiger partial charge in [-0.15, -0.1) is 6.58 Å². The second-order valence-corrected chi connectivity index (χ2v) is 10.3. The van der Waals surface area contributed by atoms with Crippen LogP contribution in [0.3, 0.4) is 0 Å². The van der Waals surface area contributed by atoms with Gasteiger partial charge in [-0.25, -0.2) is 4.99 Å². The van der Waals surface area contributed by atoms with Gasteiger partial charge in [-0.2, -0.15) is 26.3 Å². The van der Waals surface area contributed by atoms with Crippen molar-refractivity contribution in [3.8, 4) is 0 Å². The molecule has 0 radical (unpaired) electrons. The lowest BCUT2D eigenvalue weighted by Crippen LogP contribution is -2.42. The van der Waals surface area contributed by atoms with E-state index in [4.69, 9.17) is 4.74 Å². The maximum Gasteiger partial charge on any atom is 0.416 e. The molecule has 1 saturated heterocycles. The Morgan fingerprint density at radius 3 is 2.12 bits per heavy atom. The number of hydrogen-bond donors (Lipinski definition) is 1. The molecule has 0 spiro atoms. The molecule has 4 atom stereocenters. The third-order valence-corrected chi connectivity index (χ3v) is 7.38. The van der Waals surface area contributed by atoms with Gasteiger partial charge in [0, 0.05) is 12.6 Å². The van der Waals surface area contributed by atoms with Gasteiger partial charge in [0.15, 0.2) is 0 Å². The third-order valence-electron chi connectivity index (χ3n) is 5.63. The maximum atomic E-state index is 13.2. The van der Waals surface area contributed by atoms with Crippen molar-refractivity contribution in [2.75, 3.05) is 13.3 Å². The summed E-state index contributed by atoms with van der Waals surface area (Å²) in [6, 6.07) is 1.34. The predicted molar refractivity (Wildman–Crippen MR) is 123 cm³/mol. The number of rotatable bonds is 9. The van der Waals surface area contributed by atoms with Crippen LogP contribution in [-0.2, 0) is 21.9 Å². The van der Waals surface area contributed by atoms with Crippen LogP contribution in [0.15, 0.2) is 48.5 Å². The highest BCUT2D eigenvalue weighted by molar-refractivity contribution is 7.56. The van der Waals surface area contributed by atoms with Gasteiger partial charge < -0.3 is 10.1 Å². The minimum atomic E-state index is -4.96. The molecule has 1 heterocycles. The molecule has 1 aromatic rings. The predicted octanol–water partition coefficient (Wildman–Crippen LogP) is 6.13. The van der Waals surface area contributed by atoms with Crippen LogP contribution in [0.5, 0.6) is 0 Å². The van der Waals surface area contributed by atoms with Crippen LogP contribution < -0.4 is 5.32 Å². The summed E-state index contributed by atoms with van der Waals surface area (Å²) < 4.78 is 84.9. The van der Waals surface area contributed by atoms with Crippen LogP contribution in [-0.4, -0.2) is 42.5 Å². The number of alkyl halides is 6. The molecule has 0 aromatic heterocycles. The molecule has 0 aliphatic carbocycles. The summed E-state index contributed by atoms with van der Waals surface area (Å²) in [4.78, 5) is 16.2. The highest BCUT2D eigenvalue weighted by Gasteiger charge is 2.41. The first kappa shape index (κ1) is 27.8. The zero-order valence-electron chi connectivity index (χ0n) is 18.8. The molecule has 1 fully saturated rings. The lowest BCUT2D eigenvalue weighted by atomic mass is 9.99. The highest BCUT2D eigenvalue weighted by atomic mass is 31.1. The molecular weight excluding hydrogens is 481 g/mol. The molecule has 1 aromatic carbocycles. The standard InChI is InChI=1S/C23H25F6N2O2P/c1-6-20(9-8-19(32)31-20)13-30-21(7-2,34(4)5)14-33-15(3)16-10-17(22(24,25)26)12-18(11-16)23(27,28)29/h6-7,10-13,15H,1-2,4,8-9,14H2,3,5H3/p+1. The van der Waals surface area contributed by atoms with Crippen LogP contribution in [0.2, 0.25) is 0 Å². The first-order valence-corrected chi connectivity index (χ1v) is 12.1. The molecular formula is C23H26F6N2O2P+. The average Bonchev–Trinajstić information content (AvgIpc) is 3.13. The van der Waals surface area contributed by atoms with Crippen LogP contribution >= 0.6 is 7.55 Å². The molecule has 2 rings (SSSR count). The zero-order valence-corrected chi connectivity index (χ0v) is 19.7. The van der Waals surface area contributed by atoms with Crippen LogP contribution in [0.25, 0.3) is 0 Å². The summed E-state index contributed by atoms with van der Waals surface area (Å²) in [6.07, 6.45) is -1.75. The Morgan fingerprint density at radius 1 is 1.18 bits per heavy atom. The van der Waals surface area contributed by atoms with Crippen LogP contribution in [0.1, 0.15) is 42.6 Å². The molecule has 186 valence electrons. The normalized spacial score (nSPS) is 22.2. The number of carbonyl (C=O) groups is 1. The summed E-state index contributed by atoms with van der Waals surface area (Å²) in [7, 11) is -1.15. The molecule has 1 N–H and O–H groups in total. The van der Waals surface area contributed by atoms with Gasteiger partial charge in [0.1, 0.15) is 14.2 Å². The van der Waals surface area contributed by atoms with Gasteiger partial charge in [0.2, 0.25) is 5.91 Å². The minimum absolute atomic E-state index is 0.0699. The summed E-state index contributed by atoms with van der Waals surface area (Å²) in [5.41, 5.74) is -3.98. The van der Waals surface area contributed by atoms with Crippen molar-refractivity contribution in [2.45, 2.75) is 49.0 Å². The fourth-order valence-electron chi connectivity index (χ4n) is 3.31. The van der Waals surface area contributed by atoms with E-state index in [0.29, 0.717) is 18.6 Å². The number of carbonyl (C=O) groups excluding carboxylic acids is 1. The van der Waals surface area contributed by atoms with Crippen molar-refractivity contribution < 1.29 is 35.9 Å². The van der Waals surface area contributed by atoms with E-state index in [1.165, 1.54) is 19.2 Å². The summed E-state index contributed by atoms with van der Waals surface area (Å²) in [5.74, 6) is -0.168. The van der Waals surface area contributed by atoms with Gasteiger partial charge in [0.05, 0.1) is 35.7 Å². The van der Waals surface area contributed by atoms with Crippen molar-refractivity contribution in [2.24, 2.45) is 4.99 Å². The number of benzene rings is 1. The number of aliphatic imine (C=N–C) groups is 1. The third kappa shape index (κ3) is 6.36. The molecule has 4 nitrogen and oxygen atoms in total. The zero-order chi connectivity index (χ0) is 25.9. The van der Waals surface area contributed by atoms with E-state index >= 15 is 0 Å². The van der Waals surface area contributed by atoms with Gasteiger partial charge in [-0.3, -0.25) is 4.79 Å². The monoisotopic (exact) mass is 507 g/mol. The number of amides is 1. The summed E-state index contributed by atoms with van der Waals surface area (Å²) >= 11 is 0. The molecule has 4 unspecified atom stereocenters. The van der Waals surface area contributed by atoms with Crippen molar-refractivity contribution in [1.82, 2.24) is 5.32 Å². The van der Waals surface area contributed by atoms with Crippen molar-refractivity contribution in [3.05, 3.63) is 60.2 Å². The number of halogens is 6. The Morgan fingerprint density at radius 2 is 1.74 bits per heavy atom. The van der Waals surface area contributed by atoms with Crippen LogP contribution in [0, 0.1) is 0 Å². The van der Waals surface area contributed by atoms with Crippen LogP contribution in [0.4, 0.5) is 26.3 Å². The van der Waals surface area contributed by atoms with Crippen molar-refractivity contribution in [3.63, 3.8) is 0 Å². The lowest BCUT2D eigenvalue weighted by molar-refractivity contribution is -0.143. The second-order valence-electron chi connectivity index (χ2n) is 8.12. The molecule has 11 heteroatoms. The lowest BCUT2D eigenvalue weighted by Gasteiger charge is -2.25. The molecule has 0 saturated carbocycles. The minimum Gasteiger partial charge on any atom is -0.366 e. The molecule has 1 amide bonds. The largest absolute Gasteiger partial charge is 0.416 e. The van der Waals surface area contributed by atoms with E-state index in [1.807, 2.05) is 0 Å². The first-order chi connectivity index (χ1) is 15.6. The van der Waals surface area contributed by atoms with E-state index in [9.17, 15) is 31.1 Å². The second kappa shape index (κ2) is 10.0. The van der Waals surface area contributed by atoms with E-state index in [2.05, 4.69) is 29.8 Å². The number of nitrogens with one attached hydrogen (secondary N) is 1. The number of ether oxygens (including phenoxy) is 1. The van der Waals surface area contributed by atoms with Gasteiger partial charge in [0.25, 0.3) is 5.28 Å². The highest BCUT2D eigenvalue weighted by Crippen LogP contribution is 2.41. The fourth-order valence-corrected chi connectivity index (χ4v) is 4.17. The SMILES string of the molecule is C=CC1(C=NC(C=C)(COC(C)c2cc(C(F)(F)F)cc(C(F)(F)F)c2)[P+](=C)C)CCC(=O)N1.